The van der Waals surface area contributed by atoms with Crippen LogP contribution in [0.2, 0.25) is 0 Å². The van der Waals surface area contributed by atoms with Gasteiger partial charge in [-0.2, -0.15) is 0 Å². The van der Waals surface area contributed by atoms with Crippen molar-refractivity contribution in [3.63, 3.8) is 0 Å². The summed E-state index contributed by atoms with van der Waals surface area (Å²) in [5.41, 5.74) is 2.02. The molecule has 5 heteroatoms. The van der Waals surface area contributed by atoms with Crippen molar-refractivity contribution < 1.29 is 14.7 Å². The zero-order chi connectivity index (χ0) is 12.8. The summed E-state index contributed by atoms with van der Waals surface area (Å²) in [5.74, 6) is -0.0165. The number of hydrogen-bond acceptors (Lipinski definition) is 4. The van der Waals surface area contributed by atoms with Crippen molar-refractivity contribution in [2.75, 3.05) is 5.75 Å². The molecule has 0 fully saturated rings. The molecule has 17 heavy (non-hydrogen) atoms. The highest BCUT2D eigenvalue weighted by Crippen LogP contribution is 2.24. The van der Waals surface area contributed by atoms with Crippen molar-refractivity contribution >= 4 is 34.2 Å². The second-order valence-corrected chi connectivity index (χ2v) is 5.98. The second-order valence-electron chi connectivity index (χ2n) is 3.83. The number of carbonyl (C=O) groups excluding carboxylic acids is 1. The number of carbonyl (C=O) groups is 2. The molecular weight excluding hydrogens is 256 g/mol. The minimum atomic E-state index is -0.837. The van der Waals surface area contributed by atoms with Gasteiger partial charge >= 0.3 is 5.97 Å². The zero-order valence-electron chi connectivity index (χ0n) is 9.99. The predicted octanol–water partition coefficient (Wildman–Crippen LogP) is 3.36. The molecule has 0 aliphatic rings. The first-order valence-corrected chi connectivity index (χ1v) is 7.32. The molecule has 1 aromatic rings. The number of unbranched alkanes of at least 4 members (excludes halogenated alkanes) is 1. The number of thioether (sulfide) groups is 1. The number of thiophene rings is 1. The average Bonchev–Trinajstić information content (AvgIpc) is 2.59. The summed E-state index contributed by atoms with van der Waals surface area (Å²) in [4.78, 5) is 22.2. The molecule has 0 amide bonds. The molecule has 0 atom stereocenters. The van der Waals surface area contributed by atoms with Gasteiger partial charge in [-0.25, -0.2) is 4.79 Å². The maximum Gasteiger partial charge on any atom is 0.346 e. The summed E-state index contributed by atoms with van der Waals surface area (Å²) in [6.07, 6.45) is 2.66. The van der Waals surface area contributed by atoms with Gasteiger partial charge in [0.05, 0.1) is 0 Å². The van der Waals surface area contributed by atoms with E-state index in [9.17, 15) is 9.59 Å². The number of hydrogen-bond donors (Lipinski definition) is 1. The Morgan fingerprint density at radius 2 is 2.12 bits per heavy atom. The molecule has 1 heterocycles. The third-order valence-electron chi connectivity index (χ3n) is 2.42. The Morgan fingerprint density at radius 3 is 2.71 bits per heavy atom. The molecule has 0 radical (unpaired) electrons. The Morgan fingerprint density at radius 1 is 1.41 bits per heavy atom. The summed E-state index contributed by atoms with van der Waals surface area (Å²) in [7, 11) is 0. The number of carboxylic acids is 1. The lowest BCUT2D eigenvalue weighted by Crippen LogP contribution is -1.99. The van der Waals surface area contributed by atoms with E-state index in [1.807, 2.05) is 12.3 Å². The monoisotopic (exact) mass is 272 g/mol. The quantitative estimate of drug-likeness (QED) is 0.807. The van der Waals surface area contributed by atoms with Gasteiger partial charge in [0.15, 0.2) is 5.12 Å². The van der Waals surface area contributed by atoms with Crippen LogP contribution in [0, 0.1) is 6.92 Å². The normalized spacial score (nSPS) is 10.5. The number of rotatable bonds is 6. The van der Waals surface area contributed by atoms with E-state index in [1.54, 1.807) is 6.92 Å². The summed E-state index contributed by atoms with van der Waals surface area (Å²) in [5, 5.41) is 11.0. The van der Waals surface area contributed by atoms with E-state index >= 15 is 0 Å². The Hall–Kier alpha value is -0.810. The van der Waals surface area contributed by atoms with Crippen molar-refractivity contribution in [3.05, 3.63) is 21.4 Å². The highest BCUT2D eigenvalue weighted by molar-refractivity contribution is 8.13. The molecule has 94 valence electrons. The molecule has 1 N–H and O–H groups in total. The lowest BCUT2D eigenvalue weighted by Gasteiger charge is -2.02. The third-order valence-corrected chi connectivity index (χ3v) is 4.45. The molecule has 1 aromatic heterocycles. The molecule has 0 bridgehead atoms. The fourth-order valence-corrected chi connectivity index (χ4v) is 3.16. The van der Waals surface area contributed by atoms with E-state index in [1.165, 1.54) is 23.1 Å². The fourth-order valence-electron chi connectivity index (χ4n) is 1.58. The third kappa shape index (κ3) is 4.52. The average molecular weight is 272 g/mol. The fraction of sp³-hybridized carbons (Fsp3) is 0.500. The molecule has 0 unspecified atom stereocenters. The van der Waals surface area contributed by atoms with Gasteiger partial charge in [-0.15, -0.1) is 11.3 Å². The highest BCUT2D eigenvalue weighted by Gasteiger charge is 2.14. The number of carboxylic acid groups (broad SMARTS) is 1. The van der Waals surface area contributed by atoms with Gasteiger partial charge in [0.2, 0.25) is 0 Å². The van der Waals surface area contributed by atoms with Crippen molar-refractivity contribution in [2.45, 2.75) is 33.1 Å². The van der Waals surface area contributed by atoms with Crippen LogP contribution in [-0.2, 0) is 11.2 Å². The van der Waals surface area contributed by atoms with E-state index in [-0.39, 0.29) is 5.12 Å². The Balaban J connectivity index is 2.43. The summed E-state index contributed by atoms with van der Waals surface area (Å²) >= 11 is 2.62. The molecule has 0 aromatic carbocycles. The summed E-state index contributed by atoms with van der Waals surface area (Å²) in [6, 6.07) is 0. The standard InChI is InChI=1S/C12H16O3S2/c1-8-7-17-11(12(14)15)10(8)5-3-4-6-16-9(2)13/h7H,3-6H2,1-2H3,(H,14,15). The maximum atomic E-state index is 11.0. The number of aryl methyl sites for hydroxylation is 1. The van der Waals surface area contributed by atoms with Gasteiger partial charge in [-0.05, 0) is 42.7 Å². The van der Waals surface area contributed by atoms with Crippen molar-refractivity contribution in [3.8, 4) is 0 Å². The maximum absolute atomic E-state index is 11.0. The Bertz CT molecular complexity index is 410. The van der Waals surface area contributed by atoms with Crippen LogP contribution in [0.3, 0.4) is 0 Å². The van der Waals surface area contributed by atoms with Gasteiger partial charge in [0, 0.05) is 12.7 Å². The van der Waals surface area contributed by atoms with Crippen LogP contribution < -0.4 is 0 Å². The zero-order valence-corrected chi connectivity index (χ0v) is 11.6. The second kappa shape index (κ2) is 6.81. The molecule has 0 saturated heterocycles. The van der Waals surface area contributed by atoms with Gasteiger partial charge in [0.1, 0.15) is 4.88 Å². The minimum absolute atomic E-state index is 0.142. The highest BCUT2D eigenvalue weighted by atomic mass is 32.2. The van der Waals surface area contributed by atoms with Crippen molar-refractivity contribution in [2.24, 2.45) is 0 Å². The van der Waals surface area contributed by atoms with Crippen LogP contribution in [0.1, 0.15) is 40.6 Å². The number of aromatic carboxylic acids is 1. The van der Waals surface area contributed by atoms with E-state index in [0.717, 1.165) is 36.1 Å². The summed E-state index contributed by atoms with van der Waals surface area (Å²) < 4.78 is 0. The van der Waals surface area contributed by atoms with Crippen molar-refractivity contribution in [1.29, 1.82) is 0 Å². The molecule has 0 saturated carbocycles. The largest absolute Gasteiger partial charge is 0.477 e. The SMILES string of the molecule is CC(=O)SCCCCc1c(C)csc1C(=O)O. The van der Waals surface area contributed by atoms with Crippen LogP contribution in [0.15, 0.2) is 5.38 Å². The van der Waals surface area contributed by atoms with Gasteiger partial charge in [0.25, 0.3) is 0 Å². The van der Waals surface area contributed by atoms with E-state index < -0.39 is 5.97 Å². The first-order chi connectivity index (χ1) is 8.02. The molecular formula is C12H16O3S2. The minimum Gasteiger partial charge on any atom is -0.477 e. The Kier molecular flexibility index (Phi) is 5.71. The predicted molar refractivity (Wildman–Crippen MR) is 72.1 cm³/mol. The molecule has 3 nitrogen and oxygen atoms in total. The van der Waals surface area contributed by atoms with Crippen molar-refractivity contribution in [1.82, 2.24) is 0 Å². The molecule has 0 aliphatic carbocycles. The van der Waals surface area contributed by atoms with Gasteiger partial charge < -0.3 is 5.11 Å². The van der Waals surface area contributed by atoms with Crippen LogP contribution in [-0.4, -0.2) is 21.9 Å². The van der Waals surface area contributed by atoms with E-state index in [2.05, 4.69) is 0 Å². The van der Waals surface area contributed by atoms with E-state index in [4.69, 9.17) is 5.11 Å². The molecule has 0 aliphatic heterocycles. The first kappa shape index (κ1) is 14.3. The van der Waals surface area contributed by atoms with Crippen LogP contribution in [0.4, 0.5) is 0 Å². The molecule has 0 spiro atoms. The van der Waals surface area contributed by atoms with Crippen LogP contribution >= 0.6 is 23.1 Å². The topological polar surface area (TPSA) is 54.4 Å². The van der Waals surface area contributed by atoms with Crippen LogP contribution in [0.5, 0.6) is 0 Å². The molecule has 1 rings (SSSR count). The Labute approximate surface area is 109 Å². The summed E-state index contributed by atoms with van der Waals surface area (Å²) in [6.45, 7) is 3.51. The van der Waals surface area contributed by atoms with Gasteiger partial charge in [-0.1, -0.05) is 11.8 Å². The lowest BCUT2D eigenvalue weighted by atomic mass is 10.1. The smallest absolute Gasteiger partial charge is 0.346 e. The van der Waals surface area contributed by atoms with Gasteiger partial charge in [-0.3, -0.25) is 4.79 Å². The van der Waals surface area contributed by atoms with Crippen LogP contribution in [0.25, 0.3) is 0 Å². The lowest BCUT2D eigenvalue weighted by molar-refractivity contribution is -0.109. The van der Waals surface area contributed by atoms with E-state index in [0.29, 0.717) is 4.88 Å². The first-order valence-electron chi connectivity index (χ1n) is 5.46.